The maximum absolute atomic E-state index is 14.3. The molecule has 2 N–H and O–H groups in total. The average molecular weight is 493 g/mol. The fraction of sp³-hybridized carbons (Fsp3) is 0.278. The van der Waals surface area contributed by atoms with Gasteiger partial charge in [-0.25, -0.2) is 14.3 Å². The summed E-state index contributed by atoms with van der Waals surface area (Å²) in [6.45, 7) is 0.404. The quantitative estimate of drug-likeness (QED) is 0.418. The van der Waals surface area contributed by atoms with Gasteiger partial charge in [0.05, 0.1) is 28.6 Å². The van der Waals surface area contributed by atoms with Crippen LogP contribution in [0.2, 0.25) is 5.02 Å². The van der Waals surface area contributed by atoms with Crippen LogP contribution in [0.25, 0.3) is 0 Å². The predicted octanol–water partition coefficient (Wildman–Crippen LogP) is 5.43. The number of amides is 1. The minimum atomic E-state index is -1.16. The maximum Gasteiger partial charge on any atom is 0.277 e. The van der Waals surface area contributed by atoms with Crippen LogP contribution in [0.5, 0.6) is 0 Å². The van der Waals surface area contributed by atoms with Crippen LogP contribution in [0, 0.1) is 21.1 Å². The number of nitrogens with one attached hydrogen (secondary N) is 2. The third kappa shape index (κ3) is 4.44. The second kappa shape index (κ2) is 8.49. The van der Waals surface area contributed by atoms with Crippen molar-refractivity contribution in [3.63, 3.8) is 0 Å². The molecule has 8 heteroatoms. The van der Waals surface area contributed by atoms with Crippen molar-refractivity contribution >= 4 is 51.5 Å². The molecule has 2 aromatic carbocycles. The van der Waals surface area contributed by atoms with Gasteiger partial charge < -0.3 is 5.32 Å². The summed E-state index contributed by atoms with van der Waals surface area (Å²) in [6.07, 6.45) is 3.30. The Morgan fingerprint density at radius 3 is 2.69 bits per heavy atom. The molecule has 138 valence electrons. The van der Waals surface area contributed by atoms with Crippen LogP contribution in [-0.2, 0) is 4.84 Å². The highest BCUT2D eigenvalue weighted by atomic mass is 127. The standard InChI is InChI=1S/C18H16ClF2IN2O2/c19-13-8-11(22)4-7-15(13)23-17-12(5-6-14(20)16(17)21)18(25)24-26-9-10-2-1-3-10/h4-8,10,23H,1-3,9H2,(H,24,25). The highest BCUT2D eigenvalue weighted by Crippen LogP contribution is 2.31. The molecule has 0 bridgehead atoms. The monoisotopic (exact) mass is 492 g/mol. The number of carbonyl (C=O) groups is 1. The second-order valence-electron chi connectivity index (χ2n) is 6.07. The summed E-state index contributed by atoms with van der Waals surface area (Å²) in [5.74, 6) is -2.46. The highest BCUT2D eigenvalue weighted by molar-refractivity contribution is 14.1. The van der Waals surface area contributed by atoms with E-state index in [1.807, 2.05) is 0 Å². The number of hydrogen-bond acceptors (Lipinski definition) is 3. The molecular weight excluding hydrogens is 477 g/mol. The van der Waals surface area contributed by atoms with Gasteiger partial charge in [0.1, 0.15) is 0 Å². The molecule has 2 aromatic rings. The molecule has 0 aromatic heterocycles. The Balaban J connectivity index is 1.80. The van der Waals surface area contributed by atoms with E-state index >= 15 is 0 Å². The van der Waals surface area contributed by atoms with Crippen molar-refractivity contribution < 1.29 is 18.4 Å². The van der Waals surface area contributed by atoms with Gasteiger partial charge >= 0.3 is 0 Å². The molecule has 0 saturated heterocycles. The number of halogens is 4. The van der Waals surface area contributed by atoms with Crippen molar-refractivity contribution in [1.29, 1.82) is 0 Å². The first-order chi connectivity index (χ1) is 12.5. The summed E-state index contributed by atoms with van der Waals surface area (Å²) in [7, 11) is 0. The summed E-state index contributed by atoms with van der Waals surface area (Å²) < 4.78 is 28.9. The zero-order valence-electron chi connectivity index (χ0n) is 13.6. The molecule has 4 nitrogen and oxygen atoms in total. The summed E-state index contributed by atoms with van der Waals surface area (Å²) in [4.78, 5) is 17.5. The van der Waals surface area contributed by atoms with Crippen molar-refractivity contribution in [3.8, 4) is 0 Å². The van der Waals surface area contributed by atoms with Crippen LogP contribution in [0.1, 0.15) is 29.6 Å². The van der Waals surface area contributed by atoms with Crippen molar-refractivity contribution in [2.75, 3.05) is 11.9 Å². The first-order valence-electron chi connectivity index (χ1n) is 8.08. The van der Waals surface area contributed by atoms with E-state index in [9.17, 15) is 13.6 Å². The fourth-order valence-corrected chi connectivity index (χ4v) is 3.43. The molecule has 1 saturated carbocycles. The van der Waals surface area contributed by atoms with Gasteiger partial charge in [-0.2, -0.15) is 0 Å². The second-order valence-corrected chi connectivity index (χ2v) is 7.73. The first-order valence-corrected chi connectivity index (χ1v) is 9.53. The Labute approximate surface area is 168 Å². The number of carbonyl (C=O) groups excluding carboxylic acids is 1. The predicted molar refractivity (Wildman–Crippen MR) is 105 cm³/mol. The average Bonchev–Trinajstić information content (AvgIpc) is 2.56. The Hall–Kier alpha value is -1.45. The Kier molecular flexibility index (Phi) is 6.31. The topological polar surface area (TPSA) is 50.4 Å². The van der Waals surface area contributed by atoms with Gasteiger partial charge in [-0.3, -0.25) is 9.63 Å². The van der Waals surface area contributed by atoms with E-state index in [0.717, 1.165) is 28.9 Å². The minimum absolute atomic E-state index is 0.0767. The molecule has 0 heterocycles. The van der Waals surface area contributed by atoms with Gasteiger partial charge in [-0.05, 0) is 71.7 Å². The van der Waals surface area contributed by atoms with Gasteiger partial charge in [-0.1, -0.05) is 18.0 Å². The molecule has 1 aliphatic rings. The minimum Gasteiger partial charge on any atom is -0.351 e. The number of anilines is 2. The van der Waals surface area contributed by atoms with E-state index in [1.165, 1.54) is 6.07 Å². The van der Waals surface area contributed by atoms with Crippen LogP contribution in [0.3, 0.4) is 0 Å². The normalized spacial score (nSPS) is 14.0. The van der Waals surface area contributed by atoms with Crippen molar-refractivity contribution in [2.24, 2.45) is 5.92 Å². The van der Waals surface area contributed by atoms with E-state index in [4.69, 9.17) is 16.4 Å². The number of hydrogen-bond donors (Lipinski definition) is 2. The molecular formula is C18H16ClF2IN2O2. The molecule has 0 atom stereocenters. The molecule has 0 spiro atoms. The van der Waals surface area contributed by atoms with Crippen LogP contribution >= 0.6 is 34.2 Å². The van der Waals surface area contributed by atoms with E-state index in [2.05, 4.69) is 33.4 Å². The van der Waals surface area contributed by atoms with Gasteiger partial charge in [0.25, 0.3) is 5.91 Å². The number of rotatable bonds is 6. The third-order valence-electron chi connectivity index (χ3n) is 4.24. The molecule has 26 heavy (non-hydrogen) atoms. The van der Waals surface area contributed by atoms with Crippen molar-refractivity contribution in [2.45, 2.75) is 19.3 Å². The fourth-order valence-electron chi connectivity index (χ4n) is 2.53. The number of benzene rings is 2. The van der Waals surface area contributed by atoms with Gasteiger partial charge in [0.15, 0.2) is 11.6 Å². The Bertz CT molecular complexity index is 831. The van der Waals surface area contributed by atoms with E-state index in [0.29, 0.717) is 23.2 Å². The summed E-state index contributed by atoms with van der Waals surface area (Å²) in [6, 6.07) is 7.15. The summed E-state index contributed by atoms with van der Waals surface area (Å²) >= 11 is 8.22. The lowest BCUT2D eigenvalue weighted by atomic mass is 9.86. The first kappa shape index (κ1) is 19.3. The highest BCUT2D eigenvalue weighted by Gasteiger charge is 2.21. The smallest absolute Gasteiger partial charge is 0.277 e. The lowest BCUT2D eigenvalue weighted by Crippen LogP contribution is -2.29. The van der Waals surface area contributed by atoms with E-state index in [1.54, 1.807) is 18.2 Å². The molecule has 0 radical (unpaired) electrons. The summed E-state index contributed by atoms with van der Waals surface area (Å²) in [5, 5.41) is 3.04. The summed E-state index contributed by atoms with van der Waals surface area (Å²) in [5.41, 5.74) is 2.28. The lowest BCUT2D eigenvalue weighted by Gasteiger charge is -2.24. The molecule has 1 amide bonds. The molecule has 1 aliphatic carbocycles. The lowest BCUT2D eigenvalue weighted by molar-refractivity contribution is 0.00322. The van der Waals surface area contributed by atoms with Crippen LogP contribution in [0.4, 0.5) is 20.2 Å². The largest absolute Gasteiger partial charge is 0.351 e. The van der Waals surface area contributed by atoms with Crippen molar-refractivity contribution in [1.82, 2.24) is 5.48 Å². The zero-order chi connectivity index (χ0) is 18.7. The van der Waals surface area contributed by atoms with Gasteiger partial charge in [-0.15, -0.1) is 0 Å². The maximum atomic E-state index is 14.3. The van der Waals surface area contributed by atoms with Crippen LogP contribution in [0.15, 0.2) is 30.3 Å². The number of hydroxylamine groups is 1. The zero-order valence-corrected chi connectivity index (χ0v) is 16.5. The van der Waals surface area contributed by atoms with Crippen molar-refractivity contribution in [3.05, 3.63) is 56.1 Å². The molecule has 0 aliphatic heterocycles. The molecule has 3 rings (SSSR count). The SMILES string of the molecule is O=C(NOCC1CCC1)c1ccc(F)c(F)c1Nc1ccc(I)cc1Cl. The van der Waals surface area contributed by atoms with E-state index in [-0.39, 0.29) is 11.3 Å². The van der Waals surface area contributed by atoms with Crippen LogP contribution in [-0.4, -0.2) is 12.5 Å². The Morgan fingerprint density at radius 1 is 1.27 bits per heavy atom. The molecule has 0 unspecified atom stereocenters. The third-order valence-corrected chi connectivity index (χ3v) is 5.22. The Morgan fingerprint density at radius 2 is 2.04 bits per heavy atom. The van der Waals surface area contributed by atoms with Gasteiger partial charge in [0, 0.05) is 3.57 Å². The van der Waals surface area contributed by atoms with Crippen LogP contribution < -0.4 is 10.8 Å². The molecule has 1 fully saturated rings. The van der Waals surface area contributed by atoms with E-state index < -0.39 is 17.5 Å². The van der Waals surface area contributed by atoms with Gasteiger partial charge in [0.2, 0.25) is 0 Å².